The lowest BCUT2D eigenvalue weighted by atomic mass is 10.1. The third-order valence-electron chi connectivity index (χ3n) is 2.90. The third-order valence-corrected chi connectivity index (χ3v) is 2.90. The molecule has 2 heteroatoms. The zero-order valence-electron chi connectivity index (χ0n) is 12.6. The predicted octanol–water partition coefficient (Wildman–Crippen LogP) is 5.44. The number of unbranched alkanes of at least 4 members (excludes halogenated alkanes) is 7. The Balaban J connectivity index is 3.41. The van der Waals surface area contributed by atoms with Gasteiger partial charge in [0.25, 0.3) is 0 Å². The van der Waals surface area contributed by atoms with Crippen molar-refractivity contribution < 1.29 is 9.90 Å². The van der Waals surface area contributed by atoms with Crippen LogP contribution in [0.4, 0.5) is 0 Å². The minimum atomic E-state index is -0.923. The maximum absolute atomic E-state index is 10.2. The molecule has 0 fully saturated rings. The number of aliphatic carboxylic acids is 1. The van der Waals surface area contributed by atoms with Crippen molar-refractivity contribution in [1.29, 1.82) is 0 Å². The van der Waals surface area contributed by atoms with Gasteiger partial charge in [-0.15, -0.1) is 0 Å². The summed E-state index contributed by atoms with van der Waals surface area (Å²) in [4.78, 5) is 10.2. The van der Waals surface area contributed by atoms with E-state index < -0.39 is 5.97 Å². The van der Waals surface area contributed by atoms with E-state index in [0.29, 0.717) is 0 Å². The zero-order chi connectivity index (χ0) is 14.9. The molecule has 0 aliphatic carbocycles. The number of carbonyl (C=O) groups is 1. The summed E-state index contributed by atoms with van der Waals surface area (Å²) < 4.78 is 0. The molecule has 0 aromatic heterocycles. The molecule has 20 heavy (non-hydrogen) atoms. The molecule has 0 unspecified atom stereocenters. The summed E-state index contributed by atoms with van der Waals surface area (Å²) in [5.41, 5.74) is 0. The highest BCUT2D eigenvalue weighted by atomic mass is 16.4. The van der Waals surface area contributed by atoms with Crippen LogP contribution in [0.25, 0.3) is 0 Å². The predicted molar refractivity (Wildman–Crippen MR) is 86.8 cm³/mol. The third kappa shape index (κ3) is 16.4. The number of carboxylic acids is 1. The van der Waals surface area contributed by atoms with Crippen LogP contribution in [0.1, 0.15) is 58.3 Å². The fraction of sp³-hybridized carbons (Fsp3) is 0.500. The van der Waals surface area contributed by atoms with Gasteiger partial charge in [-0.05, 0) is 12.8 Å². The Hall–Kier alpha value is -1.57. The number of allylic oxidation sites excluding steroid dienone is 7. The number of hydrogen-bond acceptors (Lipinski definition) is 1. The van der Waals surface area contributed by atoms with Crippen molar-refractivity contribution in [2.45, 2.75) is 58.3 Å². The Morgan fingerprint density at radius 1 is 0.800 bits per heavy atom. The van der Waals surface area contributed by atoms with E-state index in [2.05, 4.69) is 13.0 Å². The van der Waals surface area contributed by atoms with Crippen LogP contribution in [-0.4, -0.2) is 11.1 Å². The standard InChI is InChI=1S/C18H28O2/c1-2-3-4-5-6-7-8-9-10-11-12-13-14-15-16-17-18(19)20/h10-17H,2-9H2,1H3,(H,19,20)/b11-10-,13-12+,15-14+,17-16-. The maximum Gasteiger partial charge on any atom is 0.328 e. The first-order valence-corrected chi connectivity index (χ1v) is 7.67. The van der Waals surface area contributed by atoms with Crippen molar-refractivity contribution in [3.8, 4) is 0 Å². The minimum absolute atomic E-state index is 0.923. The molecule has 0 aliphatic rings. The van der Waals surface area contributed by atoms with Crippen molar-refractivity contribution in [2.75, 3.05) is 0 Å². The molecular formula is C18H28O2. The average molecular weight is 276 g/mol. The minimum Gasteiger partial charge on any atom is -0.478 e. The van der Waals surface area contributed by atoms with Gasteiger partial charge in [0.15, 0.2) is 0 Å². The van der Waals surface area contributed by atoms with Gasteiger partial charge >= 0.3 is 5.97 Å². The van der Waals surface area contributed by atoms with Crippen molar-refractivity contribution >= 4 is 5.97 Å². The van der Waals surface area contributed by atoms with Gasteiger partial charge < -0.3 is 5.11 Å². The summed E-state index contributed by atoms with van der Waals surface area (Å²) in [6.45, 7) is 2.25. The van der Waals surface area contributed by atoms with Gasteiger partial charge in [-0.2, -0.15) is 0 Å². The first-order valence-electron chi connectivity index (χ1n) is 7.67. The van der Waals surface area contributed by atoms with E-state index in [9.17, 15) is 4.79 Å². The van der Waals surface area contributed by atoms with E-state index in [1.54, 1.807) is 6.08 Å². The Kier molecular flexibility index (Phi) is 14.3. The lowest BCUT2D eigenvalue weighted by molar-refractivity contribution is -0.131. The van der Waals surface area contributed by atoms with E-state index in [1.165, 1.54) is 51.0 Å². The van der Waals surface area contributed by atoms with E-state index in [4.69, 9.17) is 5.11 Å². The van der Waals surface area contributed by atoms with Crippen molar-refractivity contribution in [1.82, 2.24) is 0 Å². The van der Waals surface area contributed by atoms with Crippen LogP contribution >= 0.6 is 0 Å². The van der Waals surface area contributed by atoms with Crippen molar-refractivity contribution in [3.63, 3.8) is 0 Å². The molecule has 0 aromatic carbocycles. The molecule has 0 radical (unpaired) electrons. The second-order valence-corrected chi connectivity index (χ2v) is 4.81. The van der Waals surface area contributed by atoms with Gasteiger partial charge in [-0.3, -0.25) is 0 Å². The molecule has 0 aromatic rings. The van der Waals surface area contributed by atoms with E-state index >= 15 is 0 Å². The first-order chi connectivity index (χ1) is 9.77. The van der Waals surface area contributed by atoms with Gasteiger partial charge in [0, 0.05) is 6.08 Å². The van der Waals surface area contributed by atoms with Crippen LogP contribution in [-0.2, 0) is 4.79 Å². The first kappa shape index (κ1) is 18.4. The Morgan fingerprint density at radius 3 is 2.00 bits per heavy atom. The second-order valence-electron chi connectivity index (χ2n) is 4.81. The molecule has 0 aliphatic heterocycles. The second kappa shape index (κ2) is 15.5. The Labute approximate surface area is 123 Å². The smallest absolute Gasteiger partial charge is 0.328 e. The normalized spacial score (nSPS) is 12.4. The Bertz CT molecular complexity index is 335. The molecule has 0 spiro atoms. The van der Waals surface area contributed by atoms with Gasteiger partial charge in [-0.1, -0.05) is 88.0 Å². The molecule has 0 bridgehead atoms. The topological polar surface area (TPSA) is 37.3 Å². The summed E-state index contributed by atoms with van der Waals surface area (Å²) in [7, 11) is 0. The molecular weight excluding hydrogens is 248 g/mol. The lowest BCUT2D eigenvalue weighted by Gasteiger charge is -1.98. The summed E-state index contributed by atoms with van der Waals surface area (Å²) >= 11 is 0. The van der Waals surface area contributed by atoms with Crippen LogP contribution in [0.15, 0.2) is 48.6 Å². The van der Waals surface area contributed by atoms with E-state index in [-0.39, 0.29) is 0 Å². The van der Waals surface area contributed by atoms with Crippen molar-refractivity contribution in [3.05, 3.63) is 48.6 Å². The highest BCUT2D eigenvalue weighted by molar-refractivity contribution is 5.80. The summed E-state index contributed by atoms with van der Waals surface area (Å²) in [5, 5.41) is 8.37. The fourth-order valence-corrected chi connectivity index (χ4v) is 1.79. The molecule has 0 amide bonds. The molecule has 0 rings (SSSR count). The monoisotopic (exact) mass is 276 g/mol. The summed E-state index contributed by atoms with van der Waals surface area (Å²) in [6.07, 6.45) is 24.8. The molecule has 0 saturated carbocycles. The van der Waals surface area contributed by atoms with Gasteiger partial charge in [0.1, 0.15) is 0 Å². The van der Waals surface area contributed by atoms with Gasteiger partial charge in [-0.25, -0.2) is 4.79 Å². The van der Waals surface area contributed by atoms with Crippen LogP contribution < -0.4 is 0 Å². The molecule has 1 N–H and O–H groups in total. The van der Waals surface area contributed by atoms with E-state index in [1.807, 2.05) is 24.3 Å². The number of hydrogen-bond donors (Lipinski definition) is 1. The molecule has 0 atom stereocenters. The van der Waals surface area contributed by atoms with Crippen molar-refractivity contribution in [2.24, 2.45) is 0 Å². The molecule has 2 nitrogen and oxygen atoms in total. The highest BCUT2D eigenvalue weighted by Gasteiger charge is 1.88. The van der Waals surface area contributed by atoms with E-state index in [0.717, 1.165) is 12.5 Å². The lowest BCUT2D eigenvalue weighted by Crippen LogP contribution is -1.84. The quantitative estimate of drug-likeness (QED) is 0.293. The van der Waals surface area contributed by atoms with Crippen LogP contribution in [0.5, 0.6) is 0 Å². The Morgan fingerprint density at radius 2 is 1.35 bits per heavy atom. The zero-order valence-corrected chi connectivity index (χ0v) is 12.6. The molecule has 0 heterocycles. The SMILES string of the molecule is CCCCCCCCC\C=C/C=C/C=C/C=C\C(=O)O. The molecule has 0 saturated heterocycles. The van der Waals surface area contributed by atoms with Crippen LogP contribution in [0.3, 0.4) is 0 Å². The van der Waals surface area contributed by atoms with Gasteiger partial charge in [0.2, 0.25) is 0 Å². The fourth-order valence-electron chi connectivity index (χ4n) is 1.79. The van der Waals surface area contributed by atoms with Crippen LogP contribution in [0, 0.1) is 0 Å². The average Bonchev–Trinajstić information content (AvgIpc) is 2.43. The summed E-state index contributed by atoms with van der Waals surface area (Å²) in [6, 6.07) is 0. The maximum atomic E-state index is 10.2. The number of carboxylic acid groups (broad SMARTS) is 1. The van der Waals surface area contributed by atoms with Crippen LogP contribution in [0.2, 0.25) is 0 Å². The number of rotatable bonds is 12. The largest absolute Gasteiger partial charge is 0.478 e. The summed E-state index contributed by atoms with van der Waals surface area (Å²) in [5.74, 6) is -0.923. The van der Waals surface area contributed by atoms with Gasteiger partial charge in [0.05, 0.1) is 0 Å². The highest BCUT2D eigenvalue weighted by Crippen LogP contribution is 2.08. The molecule has 112 valence electrons.